The molecule has 0 amide bonds. The van der Waals surface area contributed by atoms with Gasteiger partial charge in [-0.05, 0) is 51.0 Å². The largest absolute Gasteiger partial charge is 0.456 e. The Labute approximate surface area is 136 Å². The Balaban J connectivity index is 2.04. The second-order valence-electron chi connectivity index (χ2n) is 4.66. The van der Waals surface area contributed by atoms with Crippen molar-refractivity contribution in [2.45, 2.75) is 6.54 Å². The second kappa shape index (κ2) is 6.06. The van der Waals surface area contributed by atoms with Crippen LogP contribution in [0.25, 0.3) is 10.8 Å². The van der Waals surface area contributed by atoms with E-state index in [0.29, 0.717) is 11.6 Å². The predicted octanol–water partition coefficient (Wildman–Crippen LogP) is 5.51. The Bertz CT molecular complexity index is 804. The van der Waals surface area contributed by atoms with Gasteiger partial charge in [0.25, 0.3) is 0 Å². The van der Waals surface area contributed by atoms with Gasteiger partial charge in [-0.15, -0.1) is 0 Å². The zero-order chi connectivity index (χ0) is 14.8. The molecule has 0 atom stereocenters. The fourth-order valence-corrected chi connectivity index (χ4v) is 2.99. The number of ether oxygens (including phenoxy) is 1. The van der Waals surface area contributed by atoms with Crippen LogP contribution in [0.4, 0.5) is 0 Å². The van der Waals surface area contributed by atoms with Gasteiger partial charge in [-0.25, -0.2) is 0 Å². The van der Waals surface area contributed by atoms with E-state index in [1.807, 2.05) is 36.4 Å². The summed E-state index contributed by atoms with van der Waals surface area (Å²) in [5.74, 6) is 1.48. The summed E-state index contributed by atoms with van der Waals surface area (Å²) in [6, 6.07) is 17.6. The highest BCUT2D eigenvalue weighted by atomic mass is 79.9. The molecule has 0 spiro atoms. The Morgan fingerprint density at radius 3 is 2.57 bits per heavy atom. The number of hydrogen-bond donors (Lipinski definition) is 1. The van der Waals surface area contributed by atoms with Crippen molar-refractivity contribution in [1.29, 1.82) is 0 Å². The van der Waals surface area contributed by atoms with E-state index in [4.69, 9.17) is 22.1 Å². The fourth-order valence-electron chi connectivity index (χ4n) is 2.22. The van der Waals surface area contributed by atoms with Crippen molar-refractivity contribution in [2.75, 3.05) is 0 Å². The van der Waals surface area contributed by atoms with E-state index in [-0.39, 0.29) is 0 Å². The third-order valence-corrected chi connectivity index (χ3v) is 4.34. The van der Waals surface area contributed by atoms with Crippen molar-refractivity contribution in [1.82, 2.24) is 0 Å². The lowest BCUT2D eigenvalue weighted by Crippen LogP contribution is -1.99. The van der Waals surface area contributed by atoms with Crippen molar-refractivity contribution < 1.29 is 4.74 Å². The number of nitrogens with two attached hydrogens (primary N) is 1. The van der Waals surface area contributed by atoms with Gasteiger partial charge in [-0.2, -0.15) is 0 Å². The lowest BCUT2D eigenvalue weighted by atomic mass is 10.1. The van der Waals surface area contributed by atoms with Crippen molar-refractivity contribution in [3.8, 4) is 11.5 Å². The standard InChI is InChI=1S/C17H13BrClNO/c18-17-14-4-2-1-3-11(14)5-7-16(17)21-15-8-6-13(19)9-12(15)10-20/h1-9H,10,20H2. The highest BCUT2D eigenvalue weighted by Gasteiger charge is 2.09. The van der Waals surface area contributed by atoms with E-state index in [9.17, 15) is 0 Å². The van der Waals surface area contributed by atoms with E-state index in [2.05, 4.69) is 28.1 Å². The molecule has 3 aromatic carbocycles. The van der Waals surface area contributed by atoms with Crippen molar-refractivity contribution >= 4 is 38.3 Å². The maximum absolute atomic E-state index is 6.01. The molecule has 0 aliphatic rings. The van der Waals surface area contributed by atoms with E-state index < -0.39 is 0 Å². The van der Waals surface area contributed by atoms with Crippen molar-refractivity contribution in [3.63, 3.8) is 0 Å². The van der Waals surface area contributed by atoms with Crippen LogP contribution in [0.1, 0.15) is 5.56 Å². The van der Waals surface area contributed by atoms with Crippen LogP contribution in [-0.4, -0.2) is 0 Å². The molecule has 106 valence electrons. The van der Waals surface area contributed by atoms with Crippen molar-refractivity contribution in [3.05, 3.63) is 69.7 Å². The maximum atomic E-state index is 6.01. The molecule has 0 bridgehead atoms. The molecule has 0 unspecified atom stereocenters. The van der Waals surface area contributed by atoms with E-state index >= 15 is 0 Å². The number of halogens is 2. The average Bonchev–Trinajstić information content (AvgIpc) is 2.51. The lowest BCUT2D eigenvalue weighted by Gasteiger charge is -2.13. The van der Waals surface area contributed by atoms with E-state index in [1.165, 1.54) is 0 Å². The summed E-state index contributed by atoms with van der Waals surface area (Å²) in [6.45, 7) is 0.376. The molecule has 0 aliphatic heterocycles. The fraction of sp³-hybridized carbons (Fsp3) is 0.0588. The summed E-state index contributed by atoms with van der Waals surface area (Å²) >= 11 is 9.61. The Morgan fingerprint density at radius 1 is 1.00 bits per heavy atom. The predicted molar refractivity (Wildman–Crippen MR) is 91.1 cm³/mol. The Hall–Kier alpha value is -1.55. The highest BCUT2D eigenvalue weighted by Crippen LogP contribution is 2.37. The molecule has 2 nitrogen and oxygen atoms in total. The summed E-state index contributed by atoms with van der Waals surface area (Å²) in [5, 5.41) is 2.92. The molecule has 21 heavy (non-hydrogen) atoms. The number of benzene rings is 3. The molecule has 0 heterocycles. The monoisotopic (exact) mass is 361 g/mol. The van der Waals surface area contributed by atoms with Crippen LogP contribution < -0.4 is 10.5 Å². The van der Waals surface area contributed by atoms with Crippen molar-refractivity contribution in [2.24, 2.45) is 5.73 Å². The smallest absolute Gasteiger partial charge is 0.142 e. The average molecular weight is 363 g/mol. The normalized spacial score (nSPS) is 10.8. The Kier molecular flexibility index (Phi) is 4.15. The van der Waals surface area contributed by atoms with Crippen LogP contribution >= 0.6 is 27.5 Å². The van der Waals surface area contributed by atoms with Gasteiger partial charge in [0.05, 0.1) is 4.47 Å². The molecule has 0 fully saturated rings. The number of hydrogen-bond acceptors (Lipinski definition) is 2. The highest BCUT2D eigenvalue weighted by molar-refractivity contribution is 9.10. The lowest BCUT2D eigenvalue weighted by molar-refractivity contribution is 0.474. The number of fused-ring (bicyclic) bond motifs is 1. The molecule has 0 saturated heterocycles. The van der Waals surface area contributed by atoms with Crippen LogP contribution in [-0.2, 0) is 6.54 Å². The molecule has 0 aromatic heterocycles. The topological polar surface area (TPSA) is 35.2 Å². The minimum absolute atomic E-state index is 0.376. The number of rotatable bonds is 3. The van der Waals surface area contributed by atoms with Crippen LogP contribution in [0.3, 0.4) is 0 Å². The van der Waals surface area contributed by atoms with Gasteiger partial charge in [0.1, 0.15) is 11.5 Å². The third-order valence-electron chi connectivity index (χ3n) is 3.29. The van der Waals surface area contributed by atoms with Gasteiger partial charge < -0.3 is 10.5 Å². The molecular formula is C17H13BrClNO. The van der Waals surface area contributed by atoms with Gasteiger partial charge in [-0.1, -0.05) is 41.9 Å². The van der Waals surface area contributed by atoms with Crippen LogP contribution in [0.2, 0.25) is 5.02 Å². The van der Waals surface area contributed by atoms with Gasteiger partial charge >= 0.3 is 0 Å². The summed E-state index contributed by atoms with van der Waals surface area (Å²) in [4.78, 5) is 0. The quantitative estimate of drug-likeness (QED) is 0.667. The van der Waals surface area contributed by atoms with Gasteiger partial charge in [-0.3, -0.25) is 0 Å². The van der Waals surface area contributed by atoms with Gasteiger partial charge in [0, 0.05) is 17.1 Å². The first-order chi connectivity index (χ1) is 10.2. The molecule has 3 aromatic rings. The molecule has 0 radical (unpaired) electrons. The molecule has 0 aliphatic carbocycles. The zero-order valence-corrected chi connectivity index (χ0v) is 13.5. The minimum Gasteiger partial charge on any atom is -0.456 e. The van der Waals surface area contributed by atoms with Gasteiger partial charge in [0.15, 0.2) is 0 Å². The molecule has 3 rings (SSSR count). The van der Waals surface area contributed by atoms with Gasteiger partial charge in [0.2, 0.25) is 0 Å². The van der Waals surface area contributed by atoms with Crippen LogP contribution in [0.5, 0.6) is 11.5 Å². The summed E-state index contributed by atoms with van der Waals surface area (Å²) in [6.07, 6.45) is 0. The maximum Gasteiger partial charge on any atom is 0.142 e. The zero-order valence-electron chi connectivity index (χ0n) is 11.1. The van der Waals surface area contributed by atoms with Crippen LogP contribution in [0.15, 0.2) is 59.1 Å². The summed E-state index contributed by atoms with van der Waals surface area (Å²) < 4.78 is 6.94. The summed E-state index contributed by atoms with van der Waals surface area (Å²) in [7, 11) is 0. The van der Waals surface area contributed by atoms with Crippen LogP contribution in [0, 0.1) is 0 Å². The third kappa shape index (κ3) is 2.91. The first kappa shape index (κ1) is 14.4. The first-order valence-corrected chi connectivity index (χ1v) is 7.70. The minimum atomic E-state index is 0.376. The van der Waals surface area contributed by atoms with E-state index in [1.54, 1.807) is 6.07 Å². The summed E-state index contributed by atoms with van der Waals surface area (Å²) in [5.41, 5.74) is 6.63. The second-order valence-corrected chi connectivity index (χ2v) is 5.89. The SMILES string of the molecule is NCc1cc(Cl)ccc1Oc1ccc2ccccc2c1Br. The molecule has 0 saturated carbocycles. The molecule has 4 heteroatoms. The first-order valence-electron chi connectivity index (χ1n) is 6.52. The van der Waals surface area contributed by atoms with E-state index in [0.717, 1.165) is 32.3 Å². The molecule has 2 N–H and O–H groups in total. The Morgan fingerprint density at radius 2 is 1.76 bits per heavy atom. The molecular weight excluding hydrogens is 350 g/mol.